The van der Waals surface area contributed by atoms with E-state index in [0.29, 0.717) is 12.8 Å². The van der Waals surface area contributed by atoms with Gasteiger partial charge in [0.1, 0.15) is 0 Å². The largest absolute Gasteiger partial charge is 0.454 e. The third-order valence-corrected chi connectivity index (χ3v) is 5.11. The van der Waals surface area contributed by atoms with Crippen LogP contribution in [-0.4, -0.2) is 19.1 Å². The lowest BCUT2D eigenvalue weighted by molar-refractivity contribution is 0.174. The number of benzene rings is 2. The molecule has 1 radical (unpaired) electrons. The number of hydrogen-bond donors (Lipinski definition) is 0. The summed E-state index contributed by atoms with van der Waals surface area (Å²) in [5.74, 6) is 4.92. The molecular weight excluding hydrogens is 318 g/mol. The molecule has 1 saturated heterocycles. The van der Waals surface area contributed by atoms with Crippen molar-refractivity contribution in [1.29, 1.82) is 0 Å². The van der Waals surface area contributed by atoms with Gasteiger partial charge in [0.2, 0.25) is 6.79 Å². The summed E-state index contributed by atoms with van der Waals surface area (Å²) in [5, 5.41) is 0.772. The van der Waals surface area contributed by atoms with Crippen LogP contribution in [0.1, 0.15) is 11.6 Å². The molecule has 0 N–H and O–H groups in total. The molecule has 2 aliphatic rings. The van der Waals surface area contributed by atoms with Crippen molar-refractivity contribution in [2.75, 3.05) is 24.0 Å². The van der Waals surface area contributed by atoms with Crippen LogP contribution in [0.5, 0.6) is 11.5 Å². The molecule has 2 aliphatic heterocycles. The minimum atomic E-state index is 0.307. The molecule has 22 heavy (non-hydrogen) atoms. The van der Waals surface area contributed by atoms with Gasteiger partial charge in [-0.05, 0) is 29.8 Å². The fraction of sp³-hybridized carbons (Fsp3) is 0.235. The Morgan fingerprint density at radius 3 is 2.73 bits per heavy atom. The van der Waals surface area contributed by atoms with Crippen LogP contribution < -0.4 is 14.4 Å². The van der Waals surface area contributed by atoms with Crippen molar-refractivity contribution in [3.63, 3.8) is 0 Å². The topological polar surface area (TPSA) is 21.7 Å². The highest BCUT2D eigenvalue weighted by atomic mass is 35.5. The molecule has 0 aromatic heterocycles. The summed E-state index contributed by atoms with van der Waals surface area (Å²) in [7, 11) is 0. The lowest BCUT2D eigenvalue weighted by Crippen LogP contribution is -2.34. The third kappa shape index (κ3) is 2.61. The molecule has 2 aromatic carbocycles. The lowest BCUT2D eigenvalue weighted by Gasteiger charge is -2.37. The Labute approximate surface area is 139 Å². The molecule has 0 spiro atoms. The van der Waals surface area contributed by atoms with Crippen molar-refractivity contribution in [2.45, 2.75) is 6.04 Å². The second-order valence-corrected chi connectivity index (χ2v) is 6.69. The first-order chi connectivity index (χ1) is 10.8. The van der Waals surface area contributed by atoms with E-state index in [-0.39, 0.29) is 0 Å². The summed E-state index contributed by atoms with van der Waals surface area (Å²) in [6.07, 6.45) is 0. The Balaban J connectivity index is 1.67. The molecule has 0 bridgehead atoms. The van der Waals surface area contributed by atoms with Crippen LogP contribution in [0.3, 0.4) is 0 Å². The average molecular weight is 333 g/mol. The number of hydrogen-bond acceptors (Lipinski definition) is 4. The van der Waals surface area contributed by atoms with Crippen LogP contribution >= 0.6 is 23.4 Å². The number of thioether (sulfide) groups is 1. The summed E-state index contributed by atoms with van der Waals surface area (Å²) in [5.41, 5.74) is 2.43. The van der Waals surface area contributed by atoms with Gasteiger partial charge in [-0.25, -0.2) is 0 Å². The fourth-order valence-corrected chi connectivity index (χ4v) is 3.90. The highest BCUT2D eigenvalue weighted by Gasteiger charge is 2.26. The van der Waals surface area contributed by atoms with Gasteiger partial charge in [-0.2, -0.15) is 11.8 Å². The second kappa shape index (κ2) is 5.94. The maximum Gasteiger partial charge on any atom is 0.231 e. The van der Waals surface area contributed by atoms with Crippen LogP contribution in [0.2, 0.25) is 5.02 Å². The number of nitrogens with zero attached hydrogens (tertiary/aromatic N) is 1. The smallest absolute Gasteiger partial charge is 0.231 e. The molecule has 1 unspecified atom stereocenters. The molecule has 0 amide bonds. The molecule has 1 fully saturated rings. The highest BCUT2D eigenvalue weighted by Crippen LogP contribution is 2.40. The number of ether oxygens (including phenoxy) is 2. The molecule has 4 rings (SSSR count). The molecule has 113 valence electrons. The first-order valence-corrected chi connectivity index (χ1v) is 8.59. The molecule has 2 aromatic rings. The SMILES string of the molecule is Clc1ccc(C2CS[CH]CN2c2ccc3c(c2)OCO3)cc1. The minimum absolute atomic E-state index is 0.307. The van der Waals surface area contributed by atoms with E-state index in [9.17, 15) is 0 Å². The Morgan fingerprint density at radius 1 is 1.05 bits per heavy atom. The predicted molar refractivity (Wildman–Crippen MR) is 90.9 cm³/mol. The maximum atomic E-state index is 6.01. The zero-order valence-electron chi connectivity index (χ0n) is 11.9. The van der Waals surface area contributed by atoms with Crippen LogP contribution in [0.25, 0.3) is 0 Å². The highest BCUT2D eigenvalue weighted by molar-refractivity contribution is 8.01. The summed E-state index contributed by atoms with van der Waals surface area (Å²) in [6, 6.07) is 14.6. The minimum Gasteiger partial charge on any atom is -0.454 e. The van der Waals surface area contributed by atoms with Crippen molar-refractivity contribution in [3.05, 3.63) is 58.8 Å². The van der Waals surface area contributed by atoms with E-state index in [1.54, 1.807) is 0 Å². The zero-order valence-corrected chi connectivity index (χ0v) is 13.4. The van der Waals surface area contributed by atoms with Crippen molar-refractivity contribution < 1.29 is 9.47 Å². The molecule has 2 heterocycles. The second-order valence-electron chi connectivity index (χ2n) is 5.26. The van der Waals surface area contributed by atoms with Crippen LogP contribution in [0, 0.1) is 5.75 Å². The van der Waals surface area contributed by atoms with Gasteiger partial charge >= 0.3 is 0 Å². The van der Waals surface area contributed by atoms with E-state index in [0.717, 1.165) is 34.5 Å². The van der Waals surface area contributed by atoms with Crippen molar-refractivity contribution in [3.8, 4) is 11.5 Å². The first kappa shape index (κ1) is 14.1. The van der Waals surface area contributed by atoms with Gasteiger partial charge in [-0.1, -0.05) is 23.7 Å². The number of rotatable bonds is 2. The fourth-order valence-electron chi connectivity index (χ4n) is 2.82. The molecule has 0 aliphatic carbocycles. The van der Waals surface area contributed by atoms with E-state index in [4.69, 9.17) is 21.1 Å². The quantitative estimate of drug-likeness (QED) is 0.805. The van der Waals surface area contributed by atoms with Gasteiger partial charge in [-0.15, -0.1) is 0 Å². The zero-order chi connectivity index (χ0) is 14.9. The maximum absolute atomic E-state index is 6.01. The lowest BCUT2D eigenvalue weighted by atomic mass is 10.1. The molecule has 0 saturated carbocycles. The monoisotopic (exact) mass is 332 g/mol. The third-order valence-electron chi connectivity index (χ3n) is 3.96. The Hall–Kier alpha value is -1.52. The van der Waals surface area contributed by atoms with Gasteiger partial charge < -0.3 is 14.4 Å². The molecule has 5 heteroatoms. The molecule has 3 nitrogen and oxygen atoms in total. The Bertz CT molecular complexity index is 677. The van der Waals surface area contributed by atoms with Gasteiger partial charge in [0, 0.05) is 34.8 Å². The number of halogens is 1. The average Bonchev–Trinajstić information content (AvgIpc) is 3.03. The van der Waals surface area contributed by atoms with E-state index >= 15 is 0 Å². The summed E-state index contributed by atoms with van der Waals surface area (Å²) < 4.78 is 10.9. The van der Waals surface area contributed by atoms with Crippen molar-refractivity contribution in [2.24, 2.45) is 0 Å². The van der Waals surface area contributed by atoms with Crippen LogP contribution in [0.4, 0.5) is 5.69 Å². The Kier molecular flexibility index (Phi) is 3.80. The van der Waals surface area contributed by atoms with E-state index < -0.39 is 0 Å². The van der Waals surface area contributed by atoms with Crippen molar-refractivity contribution in [1.82, 2.24) is 0 Å². The normalized spacial score (nSPS) is 20.2. The van der Waals surface area contributed by atoms with Crippen molar-refractivity contribution >= 4 is 29.1 Å². The molecule has 1 atom stereocenters. The standard InChI is InChI=1S/C17H15ClNO2S/c18-13-3-1-12(2-4-13)15-10-22-8-7-19(15)14-5-6-16-17(9-14)21-11-20-16/h1-6,8-9,15H,7,10-11H2. The van der Waals surface area contributed by atoms with Gasteiger partial charge in [0.05, 0.1) is 6.04 Å². The van der Waals surface area contributed by atoms with Crippen LogP contribution in [0.15, 0.2) is 42.5 Å². The van der Waals surface area contributed by atoms with Gasteiger partial charge in [-0.3, -0.25) is 0 Å². The van der Waals surface area contributed by atoms with E-state index in [1.807, 2.05) is 30.0 Å². The summed E-state index contributed by atoms with van der Waals surface area (Å²) in [4.78, 5) is 2.39. The first-order valence-electron chi connectivity index (χ1n) is 7.16. The summed E-state index contributed by atoms with van der Waals surface area (Å²) in [6.45, 7) is 1.21. The van der Waals surface area contributed by atoms with E-state index in [1.165, 1.54) is 5.56 Å². The number of anilines is 1. The van der Waals surface area contributed by atoms with Gasteiger partial charge in [0.15, 0.2) is 11.5 Å². The Morgan fingerprint density at radius 2 is 1.86 bits per heavy atom. The van der Waals surface area contributed by atoms with E-state index in [2.05, 4.69) is 34.9 Å². The van der Waals surface area contributed by atoms with Crippen LogP contribution in [-0.2, 0) is 0 Å². The number of fused-ring (bicyclic) bond motifs is 1. The van der Waals surface area contributed by atoms with Gasteiger partial charge in [0.25, 0.3) is 0 Å². The predicted octanol–water partition coefficient (Wildman–Crippen LogP) is 4.52. The molecular formula is C17H15ClNO2S. The summed E-state index contributed by atoms with van der Waals surface area (Å²) >= 11 is 7.88.